The van der Waals surface area contributed by atoms with Gasteiger partial charge in [0.05, 0.1) is 5.69 Å². The van der Waals surface area contributed by atoms with Crippen LogP contribution in [0.3, 0.4) is 0 Å². The van der Waals surface area contributed by atoms with Crippen LogP contribution in [-0.2, 0) is 10.0 Å². The van der Waals surface area contributed by atoms with Crippen molar-refractivity contribution in [2.24, 2.45) is 0 Å². The van der Waals surface area contributed by atoms with E-state index in [9.17, 15) is 8.42 Å². The zero-order valence-corrected chi connectivity index (χ0v) is 14.2. The lowest BCUT2D eigenvalue weighted by atomic mass is 10.2. The van der Waals surface area contributed by atoms with Crippen molar-refractivity contribution in [3.05, 3.63) is 47.1 Å². The third kappa shape index (κ3) is 2.62. The van der Waals surface area contributed by atoms with Gasteiger partial charge in [0.1, 0.15) is 0 Å². The molecule has 2 heterocycles. The smallest absolute Gasteiger partial charge is 0.279 e. The second-order valence-corrected chi connectivity index (χ2v) is 8.23. The number of rotatable bonds is 4. The predicted octanol–water partition coefficient (Wildman–Crippen LogP) is 3.63. The van der Waals surface area contributed by atoms with Gasteiger partial charge in [-0.25, -0.2) is 4.98 Å². The van der Waals surface area contributed by atoms with E-state index in [1.165, 1.54) is 11.3 Å². The molecule has 0 spiro atoms. The minimum Gasteiger partial charge on any atom is -0.279 e. The molecule has 0 unspecified atom stereocenters. The Morgan fingerprint density at radius 3 is 2.55 bits per heavy atom. The molecule has 7 heteroatoms. The average Bonchev–Trinajstić information content (AvgIpc) is 2.94. The van der Waals surface area contributed by atoms with Gasteiger partial charge in [0.15, 0.2) is 9.99 Å². The molecule has 22 heavy (non-hydrogen) atoms. The van der Waals surface area contributed by atoms with E-state index in [0.717, 1.165) is 4.88 Å². The van der Waals surface area contributed by atoms with Crippen LogP contribution in [0.25, 0.3) is 4.96 Å². The Morgan fingerprint density at radius 1 is 1.23 bits per heavy atom. The molecular formula is C15H17N3O2S2. The summed E-state index contributed by atoms with van der Waals surface area (Å²) >= 11 is 1.49. The third-order valence-electron chi connectivity index (χ3n) is 3.25. The van der Waals surface area contributed by atoms with Crippen molar-refractivity contribution in [3.63, 3.8) is 0 Å². The molecule has 116 valence electrons. The summed E-state index contributed by atoms with van der Waals surface area (Å²) < 4.78 is 30.0. The number of benzene rings is 1. The van der Waals surface area contributed by atoms with Crippen molar-refractivity contribution in [3.8, 4) is 0 Å². The van der Waals surface area contributed by atoms with Gasteiger partial charge in [-0.2, -0.15) is 8.42 Å². The number of thiazole rings is 1. The molecule has 3 aromatic rings. The van der Waals surface area contributed by atoms with Crippen LogP contribution in [0.4, 0.5) is 5.69 Å². The van der Waals surface area contributed by atoms with Crippen molar-refractivity contribution in [2.75, 3.05) is 4.72 Å². The lowest BCUT2D eigenvalue weighted by Crippen LogP contribution is -2.17. The maximum absolute atomic E-state index is 12.8. The Bertz CT molecular complexity index is 909. The van der Waals surface area contributed by atoms with E-state index in [2.05, 4.69) is 9.71 Å². The molecule has 0 bridgehead atoms. The molecule has 0 saturated carbocycles. The Balaban J connectivity index is 2.16. The number of imidazole rings is 1. The summed E-state index contributed by atoms with van der Waals surface area (Å²) in [5.41, 5.74) is 1.13. The monoisotopic (exact) mass is 335 g/mol. The fourth-order valence-electron chi connectivity index (χ4n) is 2.31. The van der Waals surface area contributed by atoms with Crippen LogP contribution in [0.1, 0.15) is 30.3 Å². The fraction of sp³-hybridized carbons (Fsp3) is 0.267. The summed E-state index contributed by atoms with van der Waals surface area (Å²) in [6.45, 7) is 5.83. The number of hydrogen-bond acceptors (Lipinski definition) is 4. The summed E-state index contributed by atoms with van der Waals surface area (Å²) in [5, 5.41) is 0.228. The highest BCUT2D eigenvalue weighted by Gasteiger charge is 2.27. The van der Waals surface area contributed by atoms with Crippen LogP contribution in [0.5, 0.6) is 0 Å². The first-order valence-electron chi connectivity index (χ1n) is 6.95. The van der Waals surface area contributed by atoms with Gasteiger partial charge >= 0.3 is 0 Å². The van der Waals surface area contributed by atoms with Gasteiger partial charge in [-0.05, 0) is 25.0 Å². The summed E-state index contributed by atoms with van der Waals surface area (Å²) in [6.07, 6.45) is 1.82. The van der Waals surface area contributed by atoms with E-state index in [0.29, 0.717) is 16.3 Å². The number of aryl methyl sites for hydroxylation is 1. The molecule has 1 aromatic carbocycles. The molecule has 0 atom stereocenters. The summed E-state index contributed by atoms with van der Waals surface area (Å²) in [4.78, 5) is 6.23. The summed E-state index contributed by atoms with van der Waals surface area (Å²) in [5.74, 6) is 0.0229. The molecule has 5 nitrogen and oxygen atoms in total. The second kappa shape index (κ2) is 5.40. The molecule has 0 radical (unpaired) electrons. The van der Waals surface area contributed by atoms with E-state index in [1.54, 1.807) is 28.7 Å². The lowest BCUT2D eigenvalue weighted by molar-refractivity contribution is 0.593. The van der Waals surface area contributed by atoms with Gasteiger partial charge in [-0.3, -0.25) is 9.12 Å². The van der Waals surface area contributed by atoms with Crippen LogP contribution in [0.15, 0.2) is 41.6 Å². The minimum absolute atomic E-state index is 0.0229. The number of nitrogens with zero attached hydrogens (tertiary/aromatic N) is 2. The van der Waals surface area contributed by atoms with Crippen LogP contribution < -0.4 is 4.72 Å². The highest BCUT2D eigenvalue weighted by Crippen LogP contribution is 2.29. The van der Waals surface area contributed by atoms with Gasteiger partial charge in [-0.15, -0.1) is 11.3 Å². The van der Waals surface area contributed by atoms with E-state index >= 15 is 0 Å². The van der Waals surface area contributed by atoms with Crippen LogP contribution in [0, 0.1) is 6.92 Å². The van der Waals surface area contributed by atoms with Crippen molar-refractivity contribution < 1.29 is 8.42 Å². The zero-order valence-electron chi connectivity index (χ0n) is 12.6. The van der Waals surface area contributed by atoms with Gasteiger partial charge in [-0.1, -0.05) is 32.0 Å². The standard InChI is InChI=1S/C15H17N3O2S2/c1-10(2)13-14(18-9-11(3)21-15(18)16-13)22(19,20)17-12-7-5-4-6-8-12/h4-10,17H,1-3H3. The number of fused-ring (bicyclic) bond motifs is 1. The molecular weight excluding hydrogens is 318 g/mol. The largest absolute Gasteiger partial charge is 0.279 e. The van der Waals surface area contributed by atoms with E-state index in [-0.39, 0.29) is 10.9 Å². The minimum atomic E-state index is -3.70. The van der Waals surface area contributed by atoms with Crippen LogP contribution in [0.2, 0.25) is 0 Å². The van der Waals surface area contributed by atoms with Gasteiger partial charge < -0.3 is 0 Å². The summed E-state index contributed by atoms with van der Waals surface area (Å²) in [6, 6.07) is 8.88. The molecule has 2 aromatic heterocycles. The van der Waals surface area contributed by atoms with Gasteiger partial charge in [0, 0.05) is 16.8 Å². The number of aromatic nitrogens is 2. The molecule has 0 amide bonds. The maximum Gasteiger partial charge on any atom is 0.279 e. The third-order valence-corrected chi connectivity index (χ3v) is 5.57. The van der Waals surface area contributed by atoms with Crippen molar-refractivity contribution in [2.45, 2.75) is 31.7 Å². The van der Waals surface area contributed by atoms with E-state index < -0.39 is 10.0 Å². The van der Waals surface area contributed by atoms with Gasteiger partial charge in [0.2, 0.25) is 0 Å². The summed E-state index contributed by atoms with van der Waals surface area (Å²) in [7, 11) is -3.70. The Labute approximate surface area is 133 Å². The fourth-order valence-corrected chi connectivity index (χ4v) is 4.69. The quantitative estimate of drug-likeness (QED) is 0.792. The molecule has 0 aliphatic heterocycles. The first-order valence-corrected chi connectivity index (χ1v) is 9.24. The Hall–Kier alpha value is -1.86. The van der Waals surface area contributed by atoms with Crippen LogP contribution >= 0.6 is 11.3 Å². The first kappa shape index (κ1) is 15.1. The number of nitrogens with one attached hydrogen (secondary N) is 1. The molecule has 1 N–H and O–H groups in total. The number of anilines is 1. The highest BCUT2D eigenvalue weighted by molar-refractivity contribution is 7.92. The SMILES string of the molecule is Cc1cn2c(S(=O)(=O)Nc3ccccc3)c(C(C)C)nc2s1. The van der Waals surface area contributed by atoms with Gasteiger partial charge in [0.25, 0.3) is 10.0 Å². The molecule has 0 saturated heterocycles. The number of hydrogen-bond donors (Lipinski definition) is 1. The molecule has 0 fully saturated rings. The predicted molar refractivity (Wildman–Crippen MR) is 89.1 cm³/mol. The normalized spacial score (nSPS) is 12.2. The average molecular weight is 335 g/mol. The highest BCUT2D eigenvalue weighted by atomic mass is 32.2. The second-order valence-electron chi connectivity index (χ2n) is 5.42. The molecule has 0 aliphatic rings. The topological polar surface area (TPSA) is 63.5 Å². The zero-order chi connectivity index (χ0) is 15.9. The lowest BCUT2D eigenvalue weighted by Gasteiger charge is -2.10. The first-order chi connectivity index (χ1) is 10.4. The Morgan fingerprint density at radius 2 is 1.91 bits per heavy atom. The van der Waals surface area contributed by atoms with Crippen molar-refractivity contribution in [1.29, 1.82) is 0 Å². The Kier molecular flexibility index (Phi) is 3.70. The van der Waals surface area contributed by atoms with E-state index in [1.807, 2.05) is 33.0 Å². The van der Waals surface area contributed by atoms with Crippen LogP contribution in [-0.4, -0.2) is 17.8 Å². The molecule has 0 aliphatic carbocycles. The van der Waals surface area contributed by atoms with Crippen molar-refractivity contribution in [1.82, 2.24) is 9.38 Å². The van der Waals surface area contributed by atoms with Crippen molar-refractivity contribution >= 4 is 32.0 Å². The number of sulfonamides is 1. The maximum atomic E-state index is 12.8. The number of para-hydroxylation sites is 1. The molecule has 3 rings (SSSR count). The van der Waals surface area contributed by atoms with E-state index in [4.69, 9.17) is 0 Å².